The zero-order valence-electron chi connectivity index (χ0n) is 24.9. The first-order valence-corrected chi connectivity index (χ1v) is 17.9. The van der Waals surface area contributed by atoms with Crippen LogP contribution in [0.15, 0.2) is 37.2 Å². The van der Waals surface area contributed by atoms with Crippen molar-refractivity contribution in [1.29, 1.82) is 0 Å². The average molecular weight is 784 g/mol. The molecule has 2 unspecified atom stereocenters. The number of ether oxygens (including phenoxy) is 2. The van der Waals surface area contributed by atoms with Crippen molar-refractivity contribution in [2.24, 2.45) is 5.73 Å². The number of pyridine rings is 1. The van der Waals surface area contributed by atoms with Crippen molar-refractivity contribution < 1.29 is 85.3 Å². The number of imidazole rings is 1. The molecule has 1 amide bonds. The quantitative estimate of drug-likeness (QED) is 0.0466. The maximum absolute atomic E-state index is 12.6. The van der Waals surface area contributed by atoms with E-state index in [0.29, 0.717) is 0 Å². The van der Waals surface area contributed by atoms with Crippen molar-refractivity contribution >= 4 is 97.7 Å². The third kappa shape index (κ3) is 9.61. The molecule has 3 aromatic rings. The number of hydrogen-bond donors (Lipinski definition) is 9. The summed E-state index contributed by atoms with van der Waals surface area (Å²) >= 11 is 0. The first-order valence-electron chi connectivity index (χ1n) is 13.3. The monoisotopic (exact) mass is 783 g/mol. The van der Waals surface area contributed by atoms with E-state index in [2.05, 4.69) is 23.8 Å². The summed E-state index contributed by atoms with van der Waals surface area (Å²) in [4.78, 5) is 62.2. The summed E-state index contributed by atoms with van der Waals surface area (Å²) in [6.07, 6.45) is -8.39. The predicted octanol–water partition coefficient (Wildman–Crippen LogP) is -3.28. The van der Waals surface area contributed by atoms with Gasteiger partial charge in [0.1, 0.15) is 47.9 Å². The molecule has 5 rings (SSSR count). The van der Waals surface area contributed by atoms with Crippen LogP contribution in [0.3, 0.4) is 0 Å². The third-order valence-corrected chi connectivity index (χ3v) is 10.1. The summed E-state index contributed by atoms with van der Waals surface area (Å²) in [7, 11) is -16.3. The van der Waals surface area contributed by atoms with Gasteiger partial charge >= 0.3 is 23.5 Å². The molecule has 0 spiro atoms. The molecule has 0 aliphatic carbocycles. The van der Waals surface area contributed by atoms with E-state index < -0.39 is 91.7 Å². The molecule has 2 fully saturated rings. The minimum atomic E-state index is -5.52. The Morgan fingerprint density at radius 3 is 2.20 bits per heavy atom. The first-order chi connectivity index (χ1) is 22.4. The van der Waals surface area contributed by atoms with Crippen LogP contribution < -0.4 is 16.0 Å². The topological polar surface area (TPSA) is 365 Å². The molecule has 1 radical (unpaired) electrons. The molecule has 265 valence electrons. The van der Waals surface area contributed by atoms with Gasteiger partial charge in [-0.05, 0) is 6.07 Å². The van der Waals surface area contributed by atoms with Gasteiger partial charge < -0.3 is 55.8 Å². The second-order valence-corrected chi connectivity index (χ2v) is 14.5. The molecule has 11 N–H and O–H groups in total. The molecule has 49 heavy (non-hydrogen) atoms. The SMILES string of the molecule is NC(=O)c1ccc[n+]([C@@H]2O[C@H](COP(=O)(O)OP(=O)(O)OC[C@H]3O[C@@H](n4cnc5c(N)ncnc54)[C@H](OP(=O)(O)O)[C@@H]3O)[C@@H](O)[C@H]2O)c1.[K]. The van der Waals surface area contributed by atoms with Crippen LogP contribution >= 0.6 is 23.5 Å². The number of aromatic nitrogens is 5. The zero-order valence-corrected chi connectivity index (χ0v) is 30.7. The Morgan fingerprint density at radius 1 is 0.959 bits per heavy atom. The Balaban J connectivity index is 0.00000541. The van der Waals surface area contributed by atoms with Gasteiger partial charge in [-0.3, -0.25) is 22.9 Å². The number of rotatable bonds is 13. The fourth-order valence-electron chi connectivity index (χ4n) is 4.83. The standard InChI is InChI=1S/C21H28N7O17P3.K/c22-17-12-19(25-7-24-17)28(8-26-12)21-16(44-46(33,34)35)14(30)11(43-21)6-41-48(38,39)45-47(36,37)40-5-10-13(29)15(31)20(42-10)27-3-1-2-9(4-27)18(23)32;/h1-4,7-8,10-11,13-16,20-21,29-31H,5-6H2,(H7-,22,23,24,25,32,33,34,35,36,37,38,39);/p+1/t10-,11-,13-,14-,15-,16-,20-,21-;/m1./s1. The molecule has 10 atom stereocenters. The fourth-order valence-corrected chi connectivity index (χ4v) is 7.47. The Bertz CT molecular complexity index is 1820. The second kappa shape index (κ2) is 15.8. The number of amides is 1. The van der Waals surface area contributed by atoms with E-state index in [4.69, 9.17) is 30.0 Å². The number of nitrogens with two attached hydrogens (primary N) is 2. The van der Waals surface area contributed by atoms with Gasteiger partial charge in [0.25, 0.3) is 12.1 Å². The fraction of sp³-hybridized carbons (Fsp3) is 0.476. The van der Waals surface area contributed by atoms with Gasteiger partial charge in [-0.25, -0.2) is 28.6 Å². The number of carbonyl (C=O) groups is 1. The number of phosphoric acid groups is 3. The number of nitrogen functional groups attached to an aromatic ring is 1. The number of anilines is 1. The normalized spacial score (nSPS) is 29.7. The van der Waals surface area contributed by atoms with Crippen LogP contribution in [0.1, 0.15) is 22.8 Å². The molecule has 3 aromatic heterocycles. The van der Waals surface area contributed by atoms with E-state index in [1.165, 1.54) is 29.1 Å². The molecule has 2 aliphatic heterocycles. The summed E-state index contributed by atoms with van der Waals surface area (Å²) in [6.45, 7) is -2.03. The van der Waals surface area contributed by atoms with Crippen LogP contribution in [0.5, 0.6) is 0 Å². The van der Waals surface area contributed by atoms with E-state index in [1.54, 1.807) is 0 Å². The first kappa shape index (κ1) is 40.5. The van der Waals surface area contributed by atoms with E-state index in [0.717, 1.165) is 17.2 Å². The molecule has 0 bridgehead atoms. The molecule has 24 nitrogen and oxygen atoms in total. The van der Waals surface area contributed by atoms with Crippen molar-refractivity contribution in [3.63, 3.8) is 0 Å². The van der Waals surface area contributed by atoms with Crippen molar-refractivity contribution in [2.75, 3.05) is 18.9 Å². The molecule has 28 heteroatoms. The van der Waals surface area contributed by atoms with E-state index >= 15 is 0 Å². The van der Waals surface area contributed by atoms with Gasteiger partial charge in [0.15, 0.2) is 36.2 Å². The average Bonchev–Trinajstić information content (AvgIpc) is 3.64. The number of hydrogen-bond acceptors (Lipinski definition) is 17. The Morgan fingerprint density at radius 2 is 1.59 bits per heavy atom. The van der Waals surface area contributed by atoms with Crippen LogP contribution in [0.2, 0.25) is 0 Å². The Kier molecular flexibility index (Phi) is 13.1. The van der Waals surface area contributed by atoms with Gasteiger partial charge in [0.05, 0.1) is 19.5 Å². The van der Waals surface area contributed by atoms with Crippen molar-refractivity contribution in [2.45, 2.75) is 49.1 Å². The van der Waals surface area contributed by atoms with Crippen LogP contribution in [-0.2, 0) is 41.1 Å². The molecule has 2 aliphatic rings. The number of phosphoric ester groups is 3. The molecular weight excluding hydrogens is 754 g/mol. The van der Waals surface area contributed by atoms with Crippen LogP contribution in [0, 0.1) is 0 Å². The summed E-state index contributed by atoms with van der Waals surface area (Å²) in [5, 5.41) is 31.5. The molecule has 0 aromatic carbocycles. The van der Waals surface area contributed by atoms with Crippen molar-refractivity contribution in [1.82, 2.24) is 19.5 Å². The Hall–Kier alpha value is -1.22. The van der Waals surface area contributed by atoms with Gasteiger partial charge in [-0.1, -0.05) is 0 Å². The molecular formula is C21H29KN7O17P3+. The summed E-state index contributed by atoms with van der Waals surface area (Å²) in [5.41, 5.74) is 11.1. The molecule has 2 saturated heterocycles. The van der Waals surface area contributed by atoms with Gasteiger partial charge in [-0.2, -0.15) is 8.88 Å². The minimum absolute atomic E-state index is 0. The maximum atomic E-state index is 12.6. The second-order valence-electron chi connectivity index (χ2n) is 10.3. The molecule has 0 saturated carbocycles. The molecule has 5 heterocycles. The van der Waals surface area contributed by atoms with Crippen LogP contribution in [0.4, 0.5) is 5.82 Å². The number of aliphatic hydroxyl groups excluding tert-OH is 3. The zero-order chi connectivity index (χ0) is 35.2. The van der Waals surface area contributed by atoms with E-state index in [1.807, 2.05) is 0 Å². The van der Waals surface area contributed by atoms with Crippen LogP contribution in [-0.4, -0.2) is 162 Å². The van der Waals surface area contributed by atoms with E-state index in [-0.39, 0.29) is 73.9 Å². The van der Waals surface area contributed by atoms with Crippen molar-refractivity contribution in [3.05, 3.63) is 42.7 Å². The number of carbonyl (C=O) groups excluding carboxylic acids is 1. The Labute approximate surface area is 316 Å². The smallest absolute Gasteiger partial charge is 0.387 e. The summed E-state index contributed by atoms with van der Waals surface area (Å²) < 4.78 is 68.4. The largest absolute Gasteiger partial charge is 0.481 e. The number of primary amides is 1. The van der Waals surface area contributed by atoms with Crippen LogP contribution in [0.25, 0.3) is 11.2 Å². The van der Waals surface area contributed by atoms with Gasteiger partial charge in [0.2, 0.25) is 0 Å². The minimum Gasteiger partial charge on any atom is -0.387 e. The van der Waals surface area contributed by atoms with E-state index in [9.17, 15) is 53.4 Å². The van der Waals surface area contributed by atoms with Crippen molar-refractivity contribution in [3.8, 4) is 0 Å². The number of aliphatic hydroxyl groups is 3. The number of nitrogens with zero attached hydrogens (tertiary/aromatic N) is 5. The summed E-state index contributed by atoms with van der Waals surface area (Å²) in [5.74, 6) is -0.848. The number of fused-ring (bicyclic) bond motifs is 1. The van der Waals surface area contributed by atoms with Gasteiger partial charge in [-0.15, -0.1) is 0 Å². The third-order valence-electron chi connectivity index (χ3n) is 6.98. The maximum Gasteiger partial charge on any atom is 0.481 e. The predicted molar refractivity (Wildman–Crippen MR) is 156 cm³/mol. The summed E-state index contributed by atoms with van der Waals surface area (Å²) in [6, 6.07) is 2.79. The van der Waals surface area contributed by atoms with Gasteiger partial charge in [0, 0.05) is 57.5 Å².